The number of hydrogen-bond acceptors (Lipinski definition) is 3. The number of carbonyl (C=O) groups excluding carboxylic acids is 1. The Kier molecular flexibility index (Phi) is 5.26. The Morgan fingerprint density at radius 3 is 2.17 bits per heavy atom. The van der Waals surface area contributed by atoms with Crippen LogP contribution in [0, 0.1) is 0 Å². The highest BCUT2D eigenvalue weighted by atomic mass is 35.6. The molecule has 0 aliphatic heterocycles. The molecule has 0 aliphatic rings. The van der Waals surface area contributed by atoms with Crippen LogP contribution in [0.25, 0.3) is 0 Å². The first-order chi connectivity index (χ1) is 8.28. The van der Waals surface area contributed by atoms with Crippen molar-refractivity contribution in [2.75, 3.05) is 6.61 Å². The number of halogens is 3. The van der Waals surface area contributed by atoms with E-state index in [1.807, 2.05) is 0 Å². The van der Waals surface area contributed by atoms with E-state index >= 15 is 0 Å². The summed E-state index contributed by atoms with van der Waals surface area (Å²) in [7, 11) is 0. The molecule has 0 radical (unpaired) electrons. The third-order valence-electron chi connectivity index (χ3n) is 1.91. The molecule has 0 spiro atoms. The van der Waals surface area contributed by atoms with E-state index in [0.717, 1.165) is 0 Å². The van der Waals surface area contributed by atoms with Gasteiger partial charge in [0.25, 0.3) is 0 Å². The summed E-state index contributed by atoms with van der Waals surface area (Å²) >= 11 is 16.3. The predicted molar refractivity (Wildman–Crippen MR) is 68.4 cm³/mol. The summed E-state index contributed by atoms with van der Waals surface area (Å²) in [6.07, 6.45) is -0.108. The second-order valence-corrected chi connectivity index (χ2v) is 5.97. The van der Waals surface area contributed by atoms with Gasteiger partial charge < -0.3 is 9.84 Å². The standard InChI is InChI=1S/C11H9Cl3O4/c12-11(13,14)6-18-10(17)8-3-1-7(2-4-8)5-9(15)16/h1-4H,5-6H2,(H,15,16). The van der Waals surface area contributed by atoms with Gasteiger partial charge in [-0.2, -0.15) is 0 Å². The SMILES string of the molecule is O=C(O)Cc1ccc(C(=O)OCC(Cl)(Cl)Cl)cc1. The maximum atomic E-state index is 11.5. The van der Waals surface area contributed by atoms with E-state index in [1.54, 1.807) is 0 Å². The lowest BCUT2D eigenvalue weighted by atomic mass is 10.1. The van der Waals surface area contributed by atoms with Crippen LogP contribution >= 0.6 is 34.8 Å². The van der Waals surface area contributed by atoms with Crippen molar-refractivity contribution in [2.45, 2.75) is 10.2 Å². The molecule has 1 aromatic carbocycles. The number of carboxylic acid groups (broad SMARTS) is 1. The molecule has 0 aromatic heterocycles. The molecule has 0 bridgehead atoms. The van der Waals surface area contributed by atoms with E-state index < -0.39 is 15.7 Å². The Labute approximate surface area is 118 Å². The minimum atomic E-state index is -1.65. The van der Waals surface area contributed by atoms with E-state index in [9.17, 15) is 9.59 Å². The van der Waals surface area contributed by atoms with Crippen molar-refractivity contribution in [1.29, 1.82) is 0 Å². The summed E-state index contributed by atoms with van der Waals surface area (Å²) in [6, 6.07) is 5.97. The Balaban J connectivity index is 2.62. The maximum Gasteiger partial charge on any atom is 0.338 e. The van der Waals surface area contributed by atoms with Crippen LogP contribution in [0.5, 0.6) is 0 Å². The van der Waals surface area contributed by atoms with Crippen LogP contribution < -0.4 is 0 Å². The number of aliphatic carboxylic acids is 1. The molecule has 0 heterocycles. The van der Waals surface area contributed by atoms with Crippen LogP contribution in [0.2, 0.25) is 0 Å². The fraction of sp³-hybridized carbons (Fsp3) is 0.273. The van der Waals surface area contributed by atoms with E-state index in [0.29, 0.717) is 5.56 Å². The number of carbonyl (C=O) groups is 2. The van der Waals surface area contributed by atoms with Crippen molar-refractivity contribution in [3.63, 3.8) is 0 Å². The lowest BCUT2D eigenvalue weighted by Crippen LogP contribution is -2.17. The van der Waals surface area contributed by atoms with Crippen molar-refractivity contribution in [1.82, 2.24) is 0 Å². The topological polar surface area (TPSA) is 63.6 Å². The van der Waals surface area contributed by atoms with Gasteiger partial charge in [0.05, 0.1) is 12.0 Å². The lowest BCUT2D eigenvalue weighted by molar-refractivity contribution is -0.136. The molecular weight excluding hydrogens is 302 g/mol. The lowest BCUT2D eigenvalue weighted by Gasteiger charge is -2.11. The number of carboxylic acids is 1. The molecule has 0 aliphatic carbocycles. The molecule has 0 fully saturated rings. The molecule has 4 nitrogen and oxygen atoms in total. The van der Waals surface area contributed by atoms with Crippen molar-refractivity contribution in [3.05, 3.63) is 35.4 Å². The Bertz CT molecular complexity index is 437. The quantitative estimate of drug-likeness (QED) is 0.686. The molecule has 0 saturated carbocycles. The number of benzene rings is 1. The van der Waals surface area contributed by atoms with Crippen LogP contribution in [-0.2, 0) is 16.0 Å². The second kappa shape index (κ2) is 6.27. The van der Waals surface area contributed by atoms with Crippen LogP contribution in [0.4, 0.5) is 0 Å². The predicted octanol–water partition coefficient (Wildman–Crippen LogP) is 2.84. The van der Waals surface area contributed by atoms with Gasteiger partial charge in [0.2, 0.25) is 3.79 Å². The Morgan fingerprint density at radius 2 is 1.72 bits per heavy atom. The van der Waals surface area contributed by atoms with Gasteiger partial charge in [-0.3, -0.25) is 4.79 Å². The third kappa shape index (κ3) is 5.58. The first-order valence-corrected chi connectivity index (χ1v) is 5.96. The molecule has 0 saturated heterocycles. The zero-order chi connectivity index (χ0) is 13.8. The highest BCUT2D eigenvalue weighted by Crippen LogP contribution is 2.26. The molecule has 0 amide bonds. The smallest absolute Gasteiger partial charge is 0.338 e. The van der Waals surface area contributed by atoms with Gasteiger partial charge >= 0.3 is 11.9 Å². The number of alkyl halides is 3. The van der Waals surface area contributed by atoms with Gasteiger partial charge in [0.1, 0.15) is 6.61 Å². The van der Waals surface area contributed by atoms with E-state index in [2.05, 4.69) is 0 Å². The number of ether oxygens (including phenoxy) is 1. The van der Waals surface area contributed by atoms with Crippen molar-refractivity contribution >= 4 is 46.7 Å². The molecular formula is C11H9Cl3O4. The largest absolute Gasteiger partial charge is 0.481 e. The number of hydrogen-bond donors (Lipinski definition) is 1. The average molecular weight is 312 g/mol. The van der Waals surface area contributed by atoms with Crippen molar-refractivity contribution < 1.29 is 19.4 Å². The van der Waals surface area contributed by atoms with Crippen LogP contribution in [-0.4, -0.2) is 27.4 Å². The molecule has 1 rings (SSSR count). The summed E-state index contributed by atoms with van der Waals surface area (Å²) in [5.41, 5.74) is 0.846. The fourth-order valence-corrected chi connectivity index (χ4v) is 1.33. The van der Waals surface area contributed by atoms with Gasteiger partial charge in [0, 0.05) is 0 Å². The molecule has 98 valence electrons. The van der Waals surface area contributed by atoms with E-state index in [4.69, 9.17) is 44.6 Å². The maximum absolute atomic E-state index is 11.5. The van der Waals surface area contributed by atoms with Gasteiger partial charge in [-0.05, 0) is 17.7 Å². The van der Waals surface area contributed by atoms with Crippen molar-refractivity contribution in [3.8, 4) is 0 Å². The summed E-state index contributed by atoms with van der Waals surface area (Å²) < 4.78 is 3.11. The highest BCUT2D eigenvalue weighted by molar-refractivity contribution is 6.67. The molecule has 1 aromatic rings. The zero-order valence-electron chi connectivity index (χ0n) is 9.03. The summed E-state index contributed by atoms with van der Waals surface area (Å²) in [4.78, 5) is 22.0. The molecule has 0 atom stereocenters. The van der Waals surface area contributed by atoms with Gasteiger partial charge in [-0.15, -0.1) is 0 Å². The van der Waals surface area contributed by atoms with Gasteiger partial charge in [-0.25, -0.2) is 4.79 Å². The molecule has 1 N–H and O–H groups in total. The van der Waals surface area contributed by atoms with Gasteiger partial charge in [-0.1, -0.05) is 46.9 Å². The Hall–Kier alpha value is -0.970. The van der Waals surface area contributed by atoms with Crippen LogP contribution in [0.3, 0.4) is 0 Å². The Morgan fingerprint density at radius 1 is 1.17 bits per heavy atom. The highest BCUT2D eigenvalue weighted by Gasteiger charge is 2.22. The molecule has 18 heavy (non-hydrogen) atoms. The van der Waals surface area contributed by atoms with Gasteiger partial charge in [0.15, 0.2) is 0 Å². The van der Waals surface area contributed by atoms with Crippen LogP contribution in [0.15, 0.2) is 24.3 Å². The average Bonchev–Trinajstić information content (AvgIpc) is 2.25. The minimum Gasteiger partial charge on any atom is -0.481 e. The number of esters is 1. The number of rotatable bonds is 4. The first kappa shape index (κ1) is 15.1. The molecule has 7 heteroatoms. The minimum absolute atomic E-state index is 0.108. The molecule has 0 unspecified atom stereocenters. The van der Waals surface area contributed by atoms with Crippen LogP contribution in [0.1, 0.15) is 15.9 Å². The summed E-state index contributed by atoms with van der Waals surface area (Å²) in [5.74, 6) is -1.58. The van der Waals surface area contributed by atoms with E-state index in [1.165, 1.54) is 24.3 Å². The summed E-state index contributed by atoms with van der Waals surface area (Å²) in [5, 5.41) is 8.58. The normalized spacial score (nSPS) is 11.1. The van der Waals surface area contributed by atoms with E-state index in [-0.39, 0.29) is 18.6 Å². The monoisotopic (exact) mass is 310 g/mol. The first-order valence-electron chi connectivity index (χ1n) is 4.82. The van der Waals surface area contributed by atoms with Crippen molar-refractivity contribution in [2.24, 2.45) is 0 Å². The summed E-state index contributed by atoms with van der Waals surface area (Å²) in [6.45, 7) is -0.354. The fourth-order valence-electron chi connectivity index (χ4n) is 1.16. The zero-order valence-corrected chi connectivity index (χ0v) is 11.3. The second-order valence-electron chi connectivity index (χ2n) is 3.46. The third-order valence-corrected chi connectivity index (χ3v) is 2.24.